The molecule has 1 aromatic heterocycles. The number of esters is 1. The molecule has 6 rings (SSSR count). The molecule has 0 amide bonds. The highest BCUT2D eigenvalue weighted by Crippen LogP contribution is 2.43. The van der Waals surface area contributed by atoms with Gasteiger partial charge in [0.2, 0.25) is 0 Å². The lowest BCUT2D eigenvalue weighted by molar-refractivity contribution is 0.0681. The zero-order valence-electron chi connectivity index (χ0n) is 26.6. The van der Waals surface area contributed by atoms with Crippen molar-refractivity contribution < 1.29 is 36.8 Å². The Kier molecular flexibility index (Phi) is 8.80. The molecule has 48 heavy (non-hydrogen) atoms. The molecule has 0 saturated heterocycles. The van der Waals surface area contributed by atoms with Crippen LogP contribution in [0.3, 0.4) is 0 Å². The first-order chi connectivity index (χ1) is 22.8. The van der Waals surface area contributed by atoms with Gasteiger partial charge in [0.15, 0.2) is 11.3 Å². The van der Waals surface area contributed by atoms with E-state index in [1.54, 1.807) is 37.3 Å². The Morgan fingerprint density at radius 1 is 0.833 bits per heavy atom. The van der Waals surface area contributed by atoms with Crippen LogP contribution in [-0.4, -0.2) is 32.6 Å². The van der Waals surface area contributed by atoms with Gasteiger partial charge in [-0.3, -0.25) is 0 Å². The fourth-order valence-corrected chi connectivity index (χ4v) is 8.58. The summed E-state index contributed by atoms with van der Waals surface area (Å²) >= 11 is 5.61. The number of fused-ring (bicyclic) bond motifs is 2. The summed E-state index contributed by atoms with van der Waals surface area (Å²) in [5.41, 5.74) is 4.19. The molecule has 2 N–H and O–H groups in total. The molecule has 244 valence electrons. The van der Waals surface area contributed by atoms with E-state index >= 15 is 0 Å². The summed E-state index contributed by atoms with van der Waals surface area (Å²) in [4.78, 5) is 25.8. The molecule has 1 heterocycles. The van der Waals surface area contributed by atoms with Gasteiger partial charge >= 0.3 is 22.1 Å². The number of thiophene rings is 1. The number of aryl methyl sites for hydroxylation is 4. The standard InChI is InChI=1S/C37H29BrO8S2/c1-19-15-24(27-7-6-8-28-31(27)18-30-21(3)22(4)47-35(30)33(28)38)16-20(2)34(19)46-48(42,43)26-13-14-29(36(39)40)32(17-26)45-37(41)23-9-11-25(44-5)12-10-23/h6-18H,1-5H3,(H,39,40)/p+1. The average Bonchev–Trinajstić information content (AvgIpc) is 3.35. The SMILES string of the molecule is COc1ccc(C(=O)Oc2cc(S(=O)(=O)Oc3c(C)cc(-c4cccc5c(Br)c6sc(C)c(C)c6cc45)cc3C)ccc2C(=O)[OH2+])cc1. The van der Waals surface area contributed by atoms with E-state index in [4.69, 9.17) is 18.8 Å². The molecular weight excluding hydrogens is 716 g/mol. The second-order valence-corrected chi connectivity index (χ2v) is 14.9. The molecule has 0 saturated carbocycles. The summed E-state index contributed by atoms with van der Waals surface area (Å²) < 4.78 is 45.6. The highest BCUT2D eigenvalue weighted by molar-refractivity contribution is 9.11. The van der Waals surface area contributed by atoms with E-state index in [-0.39, 0.29) is 27.5 Å². The lowest BCUT2D eigenvalue weighted by atomic mass is 9.94. The third kappa shape index (κ3) is 6.05. The molecule has 5 aromatic carbocycles. The number of methoxy groups -OCH3 is 1. The summed E-state index contributed by atoms with van der Waals surface area (Å²) in [6.07, 6.45) is 0. The molecule has 0 spiro atoms. The van der Waals surface area contributed by atoms with Crippen molar-refractivity contribution in [3.63, 3.8) is 0 Å². The first-order valence-electron chi connectivity index (χ1n) is 14.7. The predicted molar refractivity (Wildman–Crippen MR) is 192 cm³/mol. The summed E-state index contributed by atoms with van der Waals surface area (Å²) in [5.74, 6) is -1.69. The van der Waals surface area contributed by atoms with Crippen molar-refractivity contribution in [1.82, 2.24) is 0 Å². The Bertz CT molecular complexity index is 2370. The van der Waals surface area contributed by atoms with Crippen LogP contribution in [0.2, 0.25) is 0 Å². The monoisotopic (exact) mass is 745 g/mol. The van der Waals surface area contributed by atoms with Crippen molar-refractivity contribution in [1.29, 1.82) is 0 Å². The fraction of sp³-hybridized carbons (Fsp3) is 0.135. The minimum Gasteiger partial charge on any atom is -0.561 e. The normalized spacial score (nSPS) is 11.5. The smallest absolute Gasteiger partial charge is 0.552 e. The maximum Gasteiger partial charge on any atom is 0.552 e. The first kappa shape index (κ1) is 33.2. The van der Waals surface area contributed by atoms with E-state index in [9.17, 15) is 18.0 Å². The van der Waals surface area contributed by atoms with E-state index in [1.807, 2.05) is 24.3 Å². The zero-order valence-corrected chi connectivity index (χ0v) is 29.8. The topological polar surface area (TPSA) is 119 Å². The molecule has 0 bridgehead atoms. The van der Waals surface area contributed by atoms with Gasteiger partial charge in [0.1, 0.15) is 16.4 Å². The van der Waals surface area contributed by atoms with Crippen molar-refractivity contribution in [3.05, 3.63) is 116 Å². The largest absolute Gasteiger partial charge is 0.561 e. The molecule has 6 aromatic rings. The Morgan fingerprint density at radius 3 is 2.17 bits per heavy atom. The molecule has 11 heteroatoms. The van der Waals surface area contributed by atoms with Crippen molar-refractivity contribution >= 4 is 70.2 Å². The lowest BCUT2D eigenvalue weighted by Crippen LogP contribution is -2.15. The quantitative estimate of drug-likeness (QED) is 0.0663. The Balaban J connectivity index is 1.34. The van der Waals surface area contributed by atoms with Gasteiger partial charge in [0.25, 0.3) is 0 Å². The maximum atomic E-state index is 13.6. The molecule has 0 radical (unpaired) electrons. The minimum absolute atomic E-state index is 0.138. The Morgan fingerprint density at radius 2 is 1.52 bits per heavy atom. The summed E-state index contributed by atoms with van der Waals surface area (Å²) in [6, 6.07) is 21.4. The first-order valence-corrected chi connectivity index (χ1v) is 17.7. The fourth-order valence-electron chi connectivity index (χ4n) is 5.62. The Hall–Kier alpha value is -4.71. The number of halogens is 1. The van der Waals surface area contributed by atoms with Crippen molar-refractivity contribution in [2.75, 3.05) is 7.11 Å². The molecule has 0 fully saturated rings. The van der Waals surface area contributed by atoms with E-state index in [1.165, 1.54) is 39.8 Å². The van der Waals surface area contributed by atoms with Crippen molar-refractivity contribution in [3.8, 4) is 28.4 Å². The van der Waals surface area contributed by atoms with Crippen molar-refractivity contribution in [2.24, 2.45) is 0 Å². The minimum atomic E-state index is -4.46. The number of hydrogen-bond acceptors (Lipinski definition) is 8. The van der Waals surface area contributed by atoms with Crippen LogP contribution in [0, 0.1) is 27.7 Å². The van der Waals surface area contributed by atoms with Gasteiger partial charge < -0.3 is 18.8 Å². The van der Waals surface area contributed by atoms with Gasteiger partial charge in [-0.05, 0) is 142 Å². The highest BCUT2D eigenvalue weighted by Gasteiger charge is 2.27. The molecule has 0 aliphatic carbocycles. The van der Waals surface area contributed by atoms with Gasteiger partial charge in [-0.25, -0.2) is 4.79 Å². The van der Waals surface area contributed by atoms with Gasteiger partial charge in [-0.1, -0.05) is 18.2 Å². The molecular formula is C37H30BrO8S2+. The van der Waals surface area contributed by atoms with Crippen LogP contribution in [0.1, 0.15) is 42.3 Å². The van der Waals surface area contributed by atoms with Crippen LogP contribution in [0.25, 0.3) is 32.0 Å². The number of carbonyl (C=O) groups excluding carboxylic acids is 2. The number of rotatable bonds is 8. The number of ether oxygens (including phenoxy) is 2. The van der Waals surface area contributed by atoms with Crippen LogP contribution >= 0.6 is 27.3 Å². The van der Waals surface area contributed by atoms with Gasteiger partial charge in [-0.15, -0.1) is 11.3 Å². The third-order valence-corrected chi connectivity index (χ3v) is 11.8. The number of hydrogen-bond donors (Lipinski definition) is 0. The zero-order chi connectivity index (χ0) is 34.5. The van der Waals surface area contributed by atoms with Gasteiger partial charge in [0.05, 0.1) is 12.7 Å². The summed E-state index contributed by atoms with van der Waals surface area (Å²) in [6.45, 7) is 7.80. The second kappa shape index (κ2) is 12.7. The molecule has 0 aliphatic rings. The molecule has 0 atom stereocenters. The van der Waals surface area contributed by atoms with Crippen LogP contribution in [0.4, 0.5) is 0 Å². The van der Waals surface area contributed by atoms with Crippen LogP contribution in [0.5, 0.6) is 17.2 Å². The van der Waals surface area contributed by atoms with E-state index in [0.717, 1.165) is 44.6 Å². The number of carbonyl (C=O) groups is 2. The van der Waals surface area contributed by atoms with Crippen molar-refractivity contribution in [2.45, 2.75) is 32.6 Å². The van der Waals surface area contributed by atoms with Crippen LogP contribution < -0.4 is 13.7 Å². The van der Waals surface area contributed by atoms with Crippen LogP contribution in [-0.2, 0) is 10.1 Å². The average molecular weight is 747 g/mol. The highest BCUT2D eigenvalue weighted by atomic mass is 79.9. The predicted octanol–water partition coefficient (Wildman–Crippen LogP) is 8.58. The maximum absolute atomic E-state index is 13.6. The van der Waals surface area contributed by atoms with Gasteiger partial charge in [0, 0.05) is 24.9 Å². The summed E-state index contributed by atoms with van der Waals surface area (Å²) in [5, 5.41) is 10.9. The van der Waals surface area contributed by atoms with E-state index in [2.05, 4.69) is 41.9 Å². The Labute approximate surface area is 289 Å². The van der Waals surface area contributed by atoms with E-state index in [0.29, 0.717) is 16.9 Å². The number of benzene rings is 5. The van der Waals surface area contributed by atoms with Gasteiger partial charge in [-0.2, -0.15) is 8.42 Å². The summed E-state index contributed by atoms with van der Waals surface area (Å²) in [7, 11) is -2.98. The second-order valence-electron chi connectivity index (χ2n) is 11.3. The van der Waals surface area contributed by atoms with Crippen LogP contribution in [0.15, 0.2) is 88.2 Å². The third-order valence-electron chi connectivity index (χ3n) is 8.24. The molecule has 8 nitrogen and oxygen atoms in total. The lowest BCUT2D eigenvalue weighted by Gasteiger charge is -2.16. The van der Waals surface area contributed by atoms with E-state index < -0.39 is 22.1 Å². The molecule has 0 unspecified atom stereocenters. The molecule has 0 aliphatic heterocycles.